The van der Waals surface area contributed by atoms with Crippen LogP contribution in [0, 0.1) is 0 Å². The highest BCUT2D eigenvalue weighted by Crippen LogP contribution is 2.33. The Kier molecular flexibility index (Phi) is 14.4. The van der Waals surface area contributed by atoms with Crippen LogP contribution in [0.25, 0.3) is 43.1 Å². The van der Waals surface area contributed by atoms with E-state index in [0.29, 0.717) is 38.8 Å². The zero-order chi connectivity index (χ0) is 37.4. The first-order chi connectivity index (χ1) is 26.6. The van der Waals surface area contributed by atoms with Crippen molar-refractivity contribution < 1.29 is 14.4 Å². The van der Waals surface area contributed by atoms with Crippen LogP contribution in [0.1, 0.15) is 87.4 Å². The van der Waals surface area contributed by atoms with Crippen LogP contribution in [-0.4, -0.2) is 43.9 Å². The van der Waals surface area contributed by atoms with Crippen LogP contribution >= 0.6 is 0 Å². The average Bonchev–Trinajstić information content (AvgIpc) is 3.19. The van der Waals surface area contributed by atoms with Crippen molar-refractivity contribution in [2.75, 3.05) is 31.5 Å². The van der Waals surface area contributed by atoms with E-state index in [9.17, 15) is 14.4 Å². The second-order valence-corrected chi connectivity index (χ2v) is 14.3. The number of fused-ring (bicyclic) bond motifs is 4. The van der Waals surface area contributed by atoms with Crippen LogP contribution in [0.5, 0.6) is 0 Å². The summed E-state index contributed by atoms with van der Waals surface area (Å²) >= 11 is 0. The van der Waals surface area contributed by atoms with Crippen LogP contribution in [0.3, 0.4) is 0 Å². The lowest BCUT2D eigenvalue weighted by Crippen LogP contribution is -2.25. The zero-order valence-corrected chi connectivity index (χ0v) is 31.4. The Morgan fingerprint density at radius 2 is 0.815 bits per heavy atom. The number of carbonyl (C=O) groups is 3. The van der Waals surface area contributed by atoms with Crippen molar-refractivity contribution in [2.24, 2.45) is 0 Å². The summed E-state index contributed by atoms with van der Waals surface area (Å²) in [6.45, 7) is 3.44. The summed E-state index contributed by atoms with van der Waals surface area (Å²) in [5.74, 6) is 0.0571. The third kappa shape index (κ3) is 10.7. The van der Waals surface area contributed by atoms with E-state index in [1.807, 2.05) is 72.8 Å². The average molecular weight is 723 g/mol. The van der Waals surface area contributed by atoms with Gasteiger partial charge in [0.2, 0.25) is 11.8 Å². The molecule has 0 radical (unpaired) electrons. The third-order valence-corrected chi connectivity index (χ3v) is 10.3. The summed E-state index contributed by atoms with van der Waals surface area (Å²) in [5, 5.41) is 21.4. The molecule has 0 aliphatic carbocycles. The molecule has 4 N–H and O–H groups in total. The number of anilines is 1. The second kappa shape index (κ2) is 20.3. The monoisotopic (exact) mass is 722 g/mol. The smallest absolute Gasteiger partial charge is 0.252 e. The summed E-state index contributed by atoms with van der Waals surface area (Å²) in [6, 6.07) is 36.8. The molecular formula is C47H54N4O3. The first-order valence-electron chi connectivity index (χ1n) is 19.9. The molecule has 0 atom stereocenters. The van der Waals surface area contributed by atoms with E-state index in [1.165, 1.54) is 0 Å². The van der Waals surface area contributed by atoms with Crippen molar-refractivity contribution in [3.63, 3.8) is 0 Å². The number of nitrogens with one attached hydrogen (secondary N) is 4. The maximum Gasteiger partial charge on any atom is 0.252 e. The number of hydrogen-bond donors (Lipinski definition) is 4. The van der Waals surface area contributed by atoms with Crippen LogP contribution in [0.2, 0.25) is 0 Å². The summed E-state index contributed by atoms with van der Waals surface area (Å²) < 4.78 is 0. The van der Waals surface area contributed by atoms with E-state index in [1.54, 1.807) is 0 Å². The number of amides is 3. The molecule has 6 aromatic rings. The molecule has 0 bridgehead atoms. The van der Waals surface area contributed by atoms with Gasteiger partial charge in [0, 0.05) is 36.7 Å². The molecule has 0 aliphatic rings. The maximum absolute atomic E-state index is 13.2. The van der Waals surface area contributed by atoms with E-state index < -0.39 is 0 Å². The molecule has 0 heterocycles. The molecule has 3 amide bonds. The Balaban J connectivity index is 0.742. The highest BCUT2D eigenvalue weighted by molar-refractivity contribution is 6.18. The zero-order valence-electron chi connectivity index (χ0n) is 31.4. The molecule has 0 aliphatic heterocycles. The molecule has 280 valence electrons. The number of rotatable bonds is 21. The van der Waals surface area contributed by atoms with Gasteiger partial charge in [0.1, 0.15) is 0 Å². The standard InChI is InChI=1S/C47H54N4O3/c52-43(27-13-14-28-44(53)51-46-41-25-11-7-21-37(41)34-38-22-8-12-26-42(38)46)49-31-17-3-1-15-29-48-30-16-2-4-18-32-50-47(54)45-39-23-9-5-19-35(39)33-36-20-6-10-24-40(36)45/h5-12,19-26,33-34,48H,1-4,13-18,27-32H2,(H,49,52)(H,50,54)(H,51,53). The predicted octanol–water partition coefficient (Wildman–Crippen LogP) is 10.1. The van der Waals surface area contributed by atoms with Crippen molar-refractivity contribution in [3.8, 4) is 0 Å². The van der Waals surface area contributed by atoms with Crippen LogP contribution in [0.4, 0.5) is 5.69 Å². The van der Waals surface area contributed by atoms with Gasteiger partial charge in [-0.15, -0.1) is 0 Å². The lowest BCUT2D eigenvalue weighted by molar-refractivity contribution is -0.121. The molecule has 6 aromatic carbocycles. The van der Waals surface area contributed by atoms with Gasteiger partial charge in [-0.1, -0.05) is 123 Å². The Labute approximate surface area is 319 Å². The molecule has 0 saturated carbocycles. The molecule has 7 nitrogen and oxygen atoms in total. The number of carbonyl (C=O) groups excluding carboxylic acids is 3. The molecule has 0 aromatic heterocycles. The molecule has 0 fully saturated rings. The van der Waals surface area contributed by atoms with Crippen molar-refractivity contribution in [2.45, 2.75) is 77.0 Å². The molecular weight excluding hydrogens is 669 g/mol. The second-order valence-electron chi connectivity index (χ2n) is 14.3. The summed E-state index contributed by atoms with van der Waals surface area (Å²) in [5.41, 5.74) is 1.63. The maximum atomic E-state index is 13.2. The van der Waals surface area contributed by atoms with Gasteiger partial charge in [-0.3, -0.25) is 14.4 Å². The minimum Gasteiger partial charge on any atom is -0.356 e. The first kappa shape index (κ1) is 38.5. The van der Waals surface area contributed by atoms with Crippen molar-refractivity contribution in [3.05, 3.63) is 115 Å². The lowest BCUT2D eigenvalue weighted by atomic mass is 9.96. The Morgan fingerprint density at radius 1 is 0.407 bits per heavy atom. The van der Waals surface area contributed by atoms with Crippen molar-refractivity contribution in [1.82, 2.24) is 16.0 Å². The Morgan fingerprint density at radius 3 is 1.33 bits per heavy atom. The molecule has 0 saturated heterocycles. The molecule has 7 heteroatoms. The van der Waals surface area contributed by atoms with Gasteiger partial charge < -0.3 is 21.3 Å². The normalized spacial score (nSPS) is 11.3. The highest BCUT2D eigenvalue weighted by Gasteiger charge is 2.15. The van der Waals surface area contributed by atoms with E-state index >= 15 is 0 Å². The van der Waals surface area contributed by atoms with Gasteiger partial charge in [0.25, 0.3) is 5.91 Å². The van der Waals surface area contributed by atoms with Crippen LogP contribution in [-0.2, 0) is 9.59 Å². The van der Waals surface area contributed by atoms with Gasteiger partial charge >= 0.3 is 0 Å². The van der Waals surface area contributed by atoms with Crippen LogP contribution < -0.4 is 21.3 Å². The minimum absolute atomic E-state index is 0.00715. The van der Waals surface area contributed by atoms with Crippen molar-refractivity contribution >= 4 is 66.5 Å². The van der Waals surface area contributed by atoms with E-state index in [2.05, 4.69) is 57.7 Å². The molecule has 0 spiro atoms. The third-order valence-electron chi connectivity index (χ3n) is 10.3. The highest BCUT2D eigenvalue weighted by atomic mass is 16.2. The summed E-state index contributed by atoms with van der Waals surface area (Å²) in [6.07, 6.45) is 11.0. The van der Waals surface area contributed by atoms with Gasteiger partial charge in [-0.25, -0.2) is 0 Å². The van der Waals surface area contributed by atoms with Gasteiger partial charge in [0.15, 0.2) is 0 Å². The number of benzene rings is 6. The van der Waals surface area contributed by atoms with Crippen LogP contribution in [0.15, 0.2) is 109 Å². The SMILES string of the molecule is O=C(CCCCC(=O)Nc1c2ccccc2cc2ccccc12)NCCCCCCNCCCCCCNC(=O)c1c2ccccc2cc2ccccc12. The van der Waals surface area contributed by atoms with Gasteiger partial charge in [0.05, 0.1) is 11.3 Å². The fraction of sp³-hybridized carbons (Fsp3) is 0.340. The van der Waals surface area contributed by atoms with Gasteiger partial charge in [-0.2, -0.15) is 0 Å². The quantitative estimate of drug-likeness (QED) is 0.0439. The molecule has 0 unspecified atom stereocenters. The number of unbranched alkanes of at least 4 members (excludes halogenated alkanes) is 7. The topological polar surface area (TPSA) is 99.3 Å². The fourth-order valence-corrected chi connectivity index (χ4v) is 7.37. The minimum atomic E-state index is -0.0176. The Hall–Kier alpha value is -5.27. The van der Waals surface area contributed by atoms with E-state index in [4.69, 9.17) is 0 Å². The first-order valence-corrected chi connectivity index (χ1v) is 19.9. The Bertz CT molecular complexity index is 2070. The predicted molar refractivity (Wildman–Crippen MR) is 225 cm³/mol. The van der Waals surface area contributed by atoms with Crippen molar-refractivity contribution in [1.29, 1.82) is 0 Å². The molecule has 54 heavy (non-hydrogen) atoms. The van der Waals surface area contributed by atoms with E-state index in [-0.39, 0.29) is 17.7 Å². The number of hydrogen-bond acceptors (Lipinski definition) is 4. The van der Waals surface area contributed by atoms with Gasteiger partial charge in [-0.05, 0) is 96.1 Å². The molecule has 6 rings (SSSR count). The fourth-order valence-electron chi connectivity index (χ4n) is 7.37. The van der Waals surface area contributed by atoms with E-state index in [0.717, 1.165) is 119 Å². The lowest BCUT2D eigenvalue weighted by Gasteiger charge is -2.13. The largest absolute Gasteiger partial charge is 0.356 e. The summed E-state index contributed by atoms with van der Waals surface area (Å²) in [4.78, 5) is 38.4. The summed E-state index contributed by atoms with van der Waals surface area (Å²) in [7, 11) is 0.